The second kappa shape index (κ2) is 21.7. The Morgan fingerprint density at radius 2 is 0.961 bits per heavy atom. The fourth-order valence-electron chi connectivity index (χ4n) is 4.17. The topological polar surface area (TPSA) is 220 Å². The molecule has 0 aliphatic heterocycles. The average molecular weight is 699 g/mol. The molecule has 0 aliphatic rings. The molecule has 4 aromatic rings. The number of phenolic OH excluding ortho intramolecular Hbond substituents is 2. The van der Waals surface area contributed by atoms with E-state index in [4.69, 9.17) is 31.2 Å². The number of nitrogens with two attached hydrogens (primary N) is 2. The molecule has 51 heavy (non-hydrogen) atoms. The van der Waals surface area contributed by atoms with Crippen LogP contribution in [-0.4, -0.2) is 70.2 Å². The smallest absolute Gasteiger partial charge is 0.320 e. The van der Waals surface area contributed by atoms with E-state index in [1.54, 1.807) is 36.4 Å². The zero-order chi connectivity index (χ0) is 37.8. The Kier molecular flexibility index (Phi) is 17.4. The van der Waals surface area contributed by atoms with Crippen LogP contribution in [-0.2, 0) is 32.0 Å². The Balaban J connectivity index is 0.000000309. The number of rotatable bonds is 14. The molecule has 0 fully saturated rings. The maximum atomic E-state index is 11.9. The standard InChI is InChI=1S/C21H20O6.2C9H11NO2/c1-26-20-11-14(5-9-18(20)24)3-7-16(22)13-17(23)8-4-15-6-10-19(25)21(12-15)27-2;2*10-8(9(11)12)6-7-4-2-1-3-5-7/h3-12,24-25H,13H2,1-2H3;2*1-5,8H,6,10H2,(H,11,12)/t;2*8-/m.00/s1. The second-order valence-electron chi connectivity index (χ2n) is 10.9. The molecule has 8 N–H and O–H groups in total. The third-order valence-electron chi connectivity index (χ3n) is 6.91. The summed E-state index contributed by atoms with van der Waals surface area (Å²) in [7, 11) is 2.87. The SMILES string of the molecule is COc1cc(C=CC(=O)CC(=O)C=Cc2ccc(O)c(OC)c2)ccc1O.N[C@@H](Cc1ccccc1)C(=O)O.N[C@@H](Cc1ccccc1)C(=O)O. The number of aromatic hydroxyl groups is 2. The van der Waals surface area contributed by atoms with Crippen LogP contribution < -0.4 is 20.9 Å². The van der Waals surface area contributed by atoms with Gasteiger partial charge >= 0.3 is 11.9 Å². The number of carbonyl (C=O) groups is 4. The van der Waals surface area contributed by atoms with Crippen LogP contribution in [0.5, 0.6) is 23.0 Å². The van der Waals surface area contributed by atoms with E-state index in [0.29, 0.717) is 35.5 Å². The molecule has 0 heterocycles. The summed E-state index contributed by atoms with van der Waals surface area (Å²) in [5.74, 6) is -2.00. The highest BCUT2D eigenvalue weighted by Crippen LogP contribution is 2.27. The number of carboxylic acid groups (broad SMARTS) is 2. The van der Waals surface area contributed by atoms with Gasteiger partial charge in [-0.05, 0) is 71.5 Å². The van der Waals surface area contributed by atoms with Crippen LogP contribution >= 0.6 is 0 Å². The number of allylic oxidation sites excluding steroid dienone is 2. The minimum absolute atomic E-state index is 0.00662. The van der Waals surface area contributed by atoms with Gasteiger partial charge in [-0.2, -0.15) is 0 Å². The van der Waals surface area contributed by atoms with E-state index in [0.717, 1.165) is 11.1 Å². The maximum absolute atomic E-state index is 11.9. The average Bonchev–Trinajstić information content (AvgIpc) is 3.12. The molecule has 0 saturated heterocycles. The molecule has 12 heteroatoms. The number of ether oxygens (including phenoxy) is 2. The van der Waals surface area contributed by atoms with E-state index >= 15 is 0 Å². The van der Waals surface area contributed by atoms with Crippen molar-refractivity contribution < 1.29 is 49.1 Å². The Bertz CT molecular complexity index is 1660. The molecule has 12 nitrogen and oxygen atoms in total. The van der Waals surface area contributed by atoms with Crippen molar-refractivity contribution in [2.75, 3.05) is 14.2 Å². The van der Waals surface area contributed by atoms with Crippen LogP contribution in [0.3, 0.4) is 0 Å². The molecule has 0 saturated carbocycles. The van der Waals surface area contributed by atoms with Crippen molar-refractivity contribution in [1.29, 1.82) is 0 Å². The fraction of sp³-hybridized carbons (Fsp3) is 0.179. The lowest BCUT2D eigenvalue weighted by molar-refractivity contribution is -0.139. The van der Waals surface area contributed by atoms with Crippen LogP contribution in [0.2, 0.25) is 0 Å². The highest BCUT2D eigenvalue weighted by Gasteiger charge is 2.12. The molecule has 0 radical (unpaired) electrons. The van der Waals surface area contributed by atoms with Crippen molar-refractivity contribution >= 4 is 35.7 Å². The highest BCUT2D eigenvalue weighted by atomic mass is 16.5. The van der Waals surface area contributed by atoms with Crippen molar-refractivity contribution in [2.24, 2.45) is 11.5 Å². The minimum Gasteiger partial charge on any atom is -0.504 e. The molecule has 0 bridgehead atoms. The number of benzene rings is 4. The summed E-state index contributed by atoms with van der Waals surface area (Å²) in [6.45, 7) is 0. The van der Waals surface area contributed by atoms with Gasteiger partial charge in [0.25, 0.3) is 0 Å². The first kappa shape index (κ1) is 40.9. The molecule has 4 rings (SSSR count). The Hall–Kier alpha value is -6.24. The summed E-state index contributed by atoms with van der Waals surface area (Å²) in [5, 5.41) is 36.1. The molecule has 2 atom stereocenters. The minimum atomic E-state index is -0.959. The normalized spacial score (nSPS) is 11.7. The summed E-state index contributed by atoms with van der Waals surface area (Å²) in [5.41, 5.74) is 13.9. The van der Waals surface area contributed by atoms with Crippen LogP contribution in [0.1, 0.15) is 28.7 Å². The van der Waals surface area contributed by atoms with Crippen molar-refractivity contribution in [1.82, 2.24) is 0 Å². The summed E-state index contributed by atoms with van der Waals surface area (Å²) >= 11 is 0. The first-order chi connectivity index (χ1) is 24.3. The summed E-state index contributed by atoms with van der Waals surface area (Å²) in [6.07, 6.45) is 6.21. The van der Waals surface area contributed by atoms with E-state index in [1.165, 1.54) is 38.5 Å². The molecule has 0 unspecified atom stereocenters. The first-order valence-corrected chi connectivity index (χ1v) is 15.5. The van der Waals surface area contributed by atoms with Crippen LogP contribution in [0.4, 0.5) is 0 Å². The maximum Gasteiger partial charge on any atom is 0.320 e. The molecule has 0 spiro atoms. The van der Waals surface area contributed by atoms with E-state index in [1.807, 2.05) is 60.7 Å². The van der Waals surface area contributed by atoms with Gasteiger partial charge in [0, 0.05) is 0 Å². The lowest BCUT2D eigenvalue weighted by Crippen LogP contribution is -2.32. The zero-order valence-electron chi connectivity index (χ0n) is 28.2. The van der Waals surface area contributed by atoms with Crippen molar-refractivity contribution in [3.8, 4) is 23.0 Å². The van der Waals surface area contributed by atoms with Gasteiger partial charge in [-0.15, -0.1) is 0 Å². The number of phenols is 2. The number of methoxy groups -OCH3 is 2. The lowest BCUT2D eigenvalue weighted by Gasteiger charge is -2.04. The predicted molar refractivity (Wildman–Crippen MR) is 194 cm³/mol. The number of carbonyl (C=O) groups excluding carboxylic acids is 2. The number of aliphatic carboxylic acids is 2. The lowest BCUT2D eigenvalue weighted by atomic mass is 10.1. The van der Waals surface area contributed by atoms with Crippen LogP contribution in [0.25, 0.3) is 12.2 Å². The highest BCUT2D eigenvalue weighted by molar-refractivity contribution is 6.10. The van der Waals surface area contributed by atoms with Crippen molar-refractivity contribution in [2.45, 2.75) is 31.3 Å². The largest absolute Gasteiger partial charge is 0.504 e. The molecule has 4 aromatic carbocycles. The third kappa shape index (κ3) is 15.7. The van der Waals surface area contributed by atoms with Gasteiger partial charge in [0.05, 0.1) is 20.6 Å². The molecular formula is C39H42N2O10. The molecule has 0 aliphatic carbocycles. The molecule has 268 valence electrons. The number of hydrogen-bond donors (Lipinski definition) is 6. The third-order valence-corrected chi connectivity index (χ3v) is 6.91. The fourth-order valence-corrected chi connectivity index (χ4v) is 4.17. The van der Waals surface area contributed by atoms with Gasteiger partial charge in [-0.25, -0.2) is 0 Å². The Labute approximate surface area is 295 Å². The molecule has 0 amide bonds. The van der Waals surface area contributed by atoms with E-state index in [2.05, 4.69) is 0 Å². The number of hydrogen-bond acceptors (Lipinski definition) is 10. The predicted octanol–water partition coefficient (Wildman–Crippen LogP) is 4.65. The second-order valence-corrected chi connectivity index (χ2v) is 10.9. The molecule has 0 aromatic heterocycles. The first-order valence-electron chi connectivity index (χ1n) is 15.5. The van der Waals surface area contributed by atoms with Crippen LogP contribution in [0.15, 0.2) is 109 Å². The van der Waals surface area contributed by atoms with Gasteiger partial charge in [0.2, 0.25) is 0 Å². The van der Waals surface area contributed by atoms with Crippen molar-refractivity contribution in [3.63, 3.8) is 0 Å². The molecular weight excluding hydrogens is 656 g/mol. The van der Waals surface area contributed by atoms with Crippen molar-refractivity contribution in [3.05, 3.63) is 131 Å². The monoisotopic (exact) mass is 698 g/mol. The quantitative estimate of drug-likeness (QED) is 0.0783. The summed E-state index contributed by atoms with van der Waals surface area (Å²) in [6, 6.07) is 26.4. The van der Waals surface area contributed by atoms with E-state index in [-0.39, 0.29) is 29.5 Å². The van der Waals surface area contributed by atoms with E-state index < -0.39 is 24.0 Å². The number of carboxylic acids is 2. The number of ketones is 2. The van der Waals surface area contributed by atoms with E-state index in [9.17, 15) is 29.4 Å². The Morgan fingerprint density at radius 3 is 1.27 bits per heavy atom. The van der Waals surface area contributed by atoms with Gasteiger partial charge in [-0.3, -0.25) is 19.2 Å². The Morgan fingerprint density at radius 1 is 0.608 bits per heavy atom. The van der Waals surface area contributed by atoms with Crippen LogP contribution in [0, 0.1) is 0 Å². The summed E-state index contributed by atoms with van der Waals surface area (Å²) < 4.78 is 10.00. The van der Waals surface area contributed by atoms with Gasteiger partial charge < -0.3 is 41.4 Å². The van der Waals surface area contributed by atoms with Gasteiger partial charge in [0.15, 0.2) is 34.6 Å². The van der Waals surface area contributed by atoms with Gasteiger partial charge in [-0.1, -0.05) is 84.9 Å². The zero-order valence-corrected chi connectivity index (χ0v) is 28.2. The summed E-state index contributed by atoms with van der Waals surface area (Å²) in [4.78, 5) is 44.6. The van der Waals surface area contributed by atoms with Gasteiger partial charge in [0.1, 0.15) is 12.1 Å².